The van der Waals surface area contributed by atoms with Gasteiger partial charge in [0.1, 0.15) is 5.75 Å². The number of hydrogen-bond acceptors (Lipinski definition) is 6. The largest absolute Gasteiger partial charge is 0.409 e. The Morgan fingerprint density at radius 3 is 1.97 bits per heavy atom. The second kappa shape index (κ2) is 10.7. The summed E-state index contributed by atoms with van der Waals surface area (Å²) in [4.78, 5) is 45.1. The van der Waals surface area contributed by atoms with Crippen molar-refractivity contribution in [2.45, 2.75) is 20.8 Å². The van der Waals surface area contributed by atoms with Gasteiger partial charge in [-0.2, -0.15) is 10.5 Å². The number of anilines is 2. The summed E-state index contributed by atoms with van der Waals surface area (Å²) in [6.07, 6.45) is 0. The van der Waals surface area contributed by atoms with Gasteiger partial charge in [0.2, 0.25) is 11.8 Å². The molecule has 9 heteroatoms. The van der Waals surface area contributed by atoms with Gasteiger partial charge in [-0.3, -0.25) is 14.4 Å². The van der Waals surface area contributed by atoms with Crippen LogP contribution < -0.4 is 25.8 Å². The zero-order valence-corrected chi connectivity index (χ0v) is 16.5. The van der Waals surface area contributed by atoms with Crippen LogP contribution in [0, 0.1) is 0 Å². The molecule has 0 atom stereocenters. The maximum Gasteiger partial charge on any atom is 0.252 e. The summed E-state index contributed by atoms with van der Waals surface area (Å²) >= 11 is 0. The molecule has 0 aliphatic heterocycles. The molecule has 2 aromatic rings. The average molecular weight is 400 g/mol. The average Bonchev–Trinajstić information content (AvgIpc) is 2.63. The minimum absolute atomic E-state index is 0.174. The highest BCUT2D eigenvalue weighted by Crippen LogP contribution is 2.19. The normalized spacial score (nSPS) is 10.0. The lowest BCUT2D eigenvalue weighted by atomic mass is 10.3. The highest BCUT2D eigenvalue weighted by molar-refractivity contribution is 5.89. The third-order valence-corrected chi connectivity index (χ3v) is 3.48. The molecule has 0 unspecified atom stereocenters. The quantitative estimate of drug-likeness (QED) is 0.440. The second-order valence-corrected chi connectivity index (χ2v) is 6.13. The molecule has 0 saturated heterocycles. The van der Waals surface area contributed by atoms with E-state index >= 15 is 0 Å². The first-order valence-electron chi connectivity index (χ1n) is 8.94. The van der Waals surface area contributed by atoms with Gasteiger partial charge in [-0.05, 0) is 24.3 Å². The predicted octanol–water partition coefficient (Wildman–Crippen LogP) is 2.33. The van der Waals surface area contributed by atoms with Crippen LogP contribution in [0.15, 0.2) is 48.5 Å². The van der Waals surface area contributed by atoms with Crippen LogP contribution in [-0.2, 0) is 14.4 Å². The van der Waals surface area contributed by atoms with E-state index in [-0.39, 0.29) is 30.8 Å². The molecule has 0 aromatic heterocycles. The molecule has 0 fully saturated rings. The van der Waals surface area contributed by atoms with E-state index in [0.717, 1.165) is 0 Å². The molecular weight excluding hydrogens is 376 g/mol. The number of nitrogens with one attached hydrogen (secondary N) is 3. The van der Waals surface area contributed by atoms with Crippen molar-refractivity contribution in [1.82, 2.24) is 10.5 Å². The predicted molar refractivity (Wildman–Crippen MR) is 108 cm³/mol. The second-order valence-electron chi connectivity index (χ2n) is 6.13. The molecule has 0 saturated carbocycles. The van der Waals surface area contributed by atoms with E-state index in [1.807, 2.05) is 0 Å². The van der Waals surface area contributed by atoms with Crippen molar-refractivity contribution in [3.05, 3.63) is 48.5 Å². The number of nitrogens with zero attached hydrogens (tertiary/aromatic N) is 1. The van der Waals surface area contributed by atoms with Crippen LogP contribution in [0.25, 0.3) is 0 Å². The molecule has 0 aliphatic rings. The van der Waals surface area contributed by atoms with Crippen molar-refractivity contribution in [3.8, 4) is 11.5 Å². The summed E-state index contributed by atoms with van der Waals surface area (Å²) in [6.45, 7) is 4.72. The molecule has 154 valence electrons. The van der Waals surface area contributed by atoms with Crippen LogP contribution in [0.2, 0.25) is 0 Å². The van der Waals surface area contributed by atoms with Crippen molar-refractivity contribution in [2.75, 3.05) is 23.7 Å². The van der Waals surface area contributed by atoms with Crippen LogP contribution >= 0.6 is 0 Å². The first-order valence-corrected chi connectivity index (χ1v) is 8.94. The number of benzene rings is 2. The maximum absolute atomic E-state index is 11.8. The number of carbonyl (C=O) groups excluding carboxylic acids is 3. The van der Waals surface area contributed by atoms with Gasteiger partial charge >= 0.3 is 0 Å². The van der Waals surface area contributed by atoms with Gasteiger partial charge in [0.25, 0.3) is 5.91 Å². The van der Waals surface area contributed by atoms with E-state index in [1.54, 1.807) is 48.5 Å². The number of hydrogen-bond donors (Lipinski definition) is 3. The first kappa shape index (κ1) is 21.7. The summed E-state index contributed by atoms with van der Waals surface area (Å²) in [7, 11) is 0. The van der Waals surface area contributed by atoms with Crippen molar-refractivity contribution < 1.29 is 24.1 Å². The van der Waals surface area contributed by atoms with Gasteiger partial charge < -0.3 is 20.3 Å². The standard InChI is InChI=1S/C20H24N4O5/c1-14(25)22-17-6-4-8-19(12-17)28-21-10-11-24(16(3)27)29-20-9-5-7-18(13-20)23-15(2)26/h4-9,12-13,21H,10-11H2,1-3H3,(H,22,25)(H,23,26). The monoisotopic (exact) mass is 400 g/mol. The molecule has 0 aliphatic carbocycles. The van der Waals surface area contributed by atoms with Crippen LogP contribution in [0.1, 0.15) is 20.8 Å². The molecular formula is C20H24N4O5. The summed E-state index contributed by atoms with van der Waals surface area (Å²) in [6, 6.07) is 13.6. The van der Waals surface area contributed by atoms with Crippen molar-refractivity contribution >= 4 is 29.1 Å². The number of carbonyl (C=O) groups is 3. The summed E-state index contributed by atoms with van der Waals surface area (Å²) in [5, 5.41) is 6.50. The fourth-order valence-electron chi connectivity index (χ4n) is 2.35. The Kier molecular flexibility index (Phi) is 7.99. The third kappa shape index (κ3) is 7.89. The van der Waals surface area contributed by atoms with Gasteiger partial charge in [0, 0.05) is 44.3 Å². The fourth-order valence-corrected chi connectivity index (χ4v) is 2.35. The lowest BCUT2D eigenvalue weighted by molar-refractivity contribution is -0.155. The fraction of sp³-hybridized carbons (Fsp3) is 0.250. The molecule has 29 heavy (non-hydrogen) atoms. The van der Waals surface area contributed by atoms with E-state index in [1.165, 1.54) is 25.8 Å². The van der Waals surface area contributed by atoms with E-state index in [0.29, 0.717) is 22.9 Å². The highest BCUT2D eigenvalue weighted by atomic mass is 16.7. The maximum atomic E-state index is 11.8. The molecule has 2 aromatic carbocycles. The van der Waals surface area contributed by atoms with E-state index in [4.69, 9.17) is 9.68 Å². The third-order valence-electron chi connectivity index (χ3n) is 3.48. The van der Waals surface area contributed by atoms with Crippen LogP contribution in [-0.4, -0.2) is 35.9 Å². The Bertz CT molecular complexity index is 871. The molecule has 3 amide bonds. The Balaban J connectivity index is 1.86. The molecule has 0 bridgehead atoms. The van der Waals surface area contributed by atoms with Crippen LogP contribution in [0.3, 0.4) is 0 Å². The molecule has 0 heterocycles. The Hall–Kier alpha value is -3.59. The number of hydroxylamine groups is 3. The SMILES string of the molecule is CC(=O)Nc1cccc(ONCCN(Oc2cccc(NC(C)=O)c2)C(C)=O)c1. The number of rotatable bonds is 9. The number of amides is 3. The van der Waals surface area contributed by atoms with Crippen molar-refractivity contribution in [1.29, 1.82) is 0 Å². The van der Waals surface area contributed by atoms with Crippen LogP contribution in [0.4, 0.5) is 11.4 Å². The van der Waals surface area contributed by atoms with Crippen molar-refractivity contribution in [2.24, 2.45) is 0 Å². The summed E-state index contributed by atoms with van der Waals surface area (Å²) < 4.78 is 0. The molecule has 0 radical (unpaired) electrons. The summed E-state index contributed by atoms with van der Waals surface area (Å²) in [5.41, 5.74) is 3.93. The van der Waals surface area contributed by atoms with Crippen molar-refractivity contribution in [3.63, 3.8) is 0 Å². The Labute approximate surface area is 168 Å². The van der Waals surface area contributed by atoms with Gasteiger partial charge in [0.15, 0.2) is 5.75 Å². The Morgan fingerprint density at radius 2 is 1.41 bits per heavy atom. The zero-order valence-electron chi connectivity index (χ0n) is 16.5. The van der Waals surface area contributed by atoms with E-state index in [9.17, 15) is 14.4 Å². The molecule has 2 rings (SSSR count). The van der Waals surface area contributed by atoms with Gasteiger partial charge in [0.05, 0.1) is 13.1 Å². The topological polar surface area (TPSA) is 109 Å². The van der Waals surface area contributed by atoms with Gasteiger partial charge in [-0.25, -0.2) is 0 Å². The zero-order chi connectivity index (χ0) is 21.2. The molecule has 3 N–H and O–H groups in total. The molecule has 0 spiro atoms. The van der Waals surface area contributed by atoms with Gasteiger partial charge in [-0.1, -0.05) is 12.1 Å². The van der Waals surface area contributed by atoms with E-state index < -0.39 is 0 Å². The molecule has 9 nitrogen and oxygen atoms in total. The van der Waals surface area contributed by atoms with E-state index in [2.05, 4.69) is 16.1 Å². The highest BCUT2D eigenvalue weighted by Gasteiger charge is 2.11. The lowest BCUT2D eigenvalue weighted by Crippen LogP contribution is -2.38. The minimum Gasteiger partial charge on any atom is -0.409 e. The minimum atomic E-state index is -0.288. The van der Waals surface area contributed by atoms with Gasteiger partial charge in [-0.15, -0.1) is 0 Å². The first-order chi connectivity index (χ1) is 13.8. The smallest absolute Gasteiger partial charge is 0.252 e. The lowest BCUT2D eigenvalue weighted by Gasteiger charge is -2.21. The van der Waals surface area contributed by atoms with Crippen LogP contribution in [0.5, 0.6) is 11.5 Å². The summed E-state index contributed by atoms with van der Waals surface area (Å²) in [5.74, 6) is 0.260. The Morgan fingerprint density at radius 1 is 0.862 bits per heavy atom.